The molecule has 1 aliphatic rings. The van der Waals surface area contributed by atoms with Crippen molar-refractivity contribution in [1.29, 1.82) is 5.26 Å². The fraction of sp³-hybridized carbons (Fsp3) is 0.185. The van der Waals surface area contributed by atoms with Crippen LogP contribution in [0.3, 0.4) is 0 Å². The number of benzene rings is 2. The van der Waals surface area contributed by atoms with Gasteiger partial charge in [-0.1, -0.05) is 50.6 Å². The van der Waals surface area contributed by atoms with Crippen molar-refractivity contribution in [1.82, 2.24) is 19.7 Å². The number of carbonyl (C=O) groups is 3. The van der Waals surface area contributed by atoms with Crippen LogP contribution in [-0.4, -0.2) is 43.4 Å². The minimum Gasteiger partial charge on any atom is -0.308 e. The van der Waals surface area contributed by atoms with Crippen LogP contribution in [0.15, 0.2) is 66.9 Å². The molecule has 0 aliphatic carbocycles. The summed E-state index contributed by atoms with van der Waals surface area (Å²) >= 11 is 0. The van der Waals surface area contributed by atoms with Gasteiger partial charge in [-0.2, -0.15) is 15.0 Å². The molecule has 0 fully saturated rings. The van der Waals surface area contributed by atoms with Crippen LogP contribution in [-0.2, 0) is 4.79 Å². The number of nitriles is 1. The number of hydrogen-bond acceptors (Lipinski definition) is 6. The van der Waals surface area contributed by atoms with Gasteiger partial charge in [0.1, 0.15) is 17.7 Å². The first-order valence-corrected chi connectivity index (χ1v) is 11.6. The SMILES string of the molecule is CCC(C)C(C(=O)Nc1c(C#N)cnn1-c1ccc2ccccc2n1)N1C(=O)c2ccccc2C1=O. The Hall–Kier alpha value is -4.84. The molecule has 3 heterocycles. The van der Waals surface area contributed by atoms with Gasteiger partial charge in [0, 0.05) is 5.39 Å². The normalized spacial score (nSPS) is 14.4. The first-order valence-electron chi connectivity index (χ1n) is 11.6. The summed E-state index contributed by atoms with van der Waals surface area (Å²) in [5.74, 6) is -1.42. The third kappa shape index (κ3) is 3.69. The Labute approximate surface area is 207 Å². The summed E-state index contributed by atoms with van der Waals surface area (Å²) in [6.45, 7) is 3.69. The summed E-state index contributed by atoms with van der Waals surface area (Å²) < 4.78 is 1.37. The van der Waals surface area contributed by atoms with Gasteiger partial charge >= 0.3 is 0 Å². The van der Waals surface area contributed by atoms with Crippen LogP contribution in [0.4, 0.5) is 5.82 Å². The van der Waals surface area contributed by atoms with E-state index >= 15 is 0 Å². The molecule has 1 aliphatic heterocycles. The molecule has 0 spiro atoms. The zero-order valence-corrected chi connectivity index (χ0v) is 19.7. The summed E-state index contributed by atoms with van der Waals surface area (Å²) in [6, 6.07) is 18.6. The van der Waals surface area contributed by atoms with E-state index < -0.39 is 23.8 Å². The van der Waals surface area contributed by atoms with Crippen molar-refractivity contribution < 1.29 is 14.4 Å². The quantitative estimate of drug-likeness (QED) is 0.419. The molecule has 9 heteroatoms. The lowest BCUT2D eigenvalue weighted by Crippen LogP contribution is -2.50. The number of nitrogens with one attached hydrogen (secondary N) is 1. The number of carbonyl (C=O) groups excluding carboxylic acids is 3. The predicted octanol–water partition coefficient (Wildman–Crippen LogP) is 3.94. The average Bonchev–Trinajstić information content (AvgIpc) is 3.42. The topological polar surface area (TPSA) is 121 Å². The summed E-state index contributed by atoms with van der Waals surface area (Å²) in [7, 11) is 0. The predicted molar refractivity (Wildman–Crippen MR) is 132 cm³/mol. The Balaban J connectivity index is 1.53. The van der Waals surface area contributed by atoms with E-state index in [0.29, 0.717) is 12.2 Å². The molecular weight excluding hydrogens is 456 g/mol. The number of hydrogen-bond donors (Lipinski definition) is 1. The van der Waals surface area contributed by atoms with Crippen LogP contribution in [0.1, 0.15) is 46.5 Å². The zero-order valence-electron chi connectivity index (χ0n) is 19.7. The minimum atomic E-state index is -1.08. The molecule has 1 N–H and O–H groups in total. The Bertz CT molecular complexity index is 1530. The molecule has 9 nitrogen and oxygen atoms in total. The van der Waals surface area contributed by atoms with Crippen molar-refractivity contribution in [3.63, 3.8) is 0 Å². The molecule has 2 unspecified atom stereocenters. The first-order chi connectivity index (χ1) is 17.4. The standard InChI is InChI=1S/C27H22N6O3/c1-3-16(2)23(32-26(35)19-9-5-6-10-20(19)27(32)36)25(34)31-24-18(14-28)15-29-33(24)22-13-12-17-8-4-7-11-21(17)30-22/h4-13,15-16,23H,3H2,1-2H3,(H,31,34). The van der Waals surface area contributed by atoms with Gasteiger partial charge in [0.2, 0.25) is 5.91 Å². The van der Waals surface area contributed by atoms with Crippen molar-refractivity contribution in [2.75, 3.05) is 5.32 Å². The molecule has 3 amide bonds. The largest absolute Gasteiger partial charge is 0.308 e. The van der Waals surface area contributed by atoms with Crippen molar-refractivity contribution in [2.45, 2.75) is 26.3 Å². The summed E-state index contributed by atoms with van der Waals surface area (Å²) in [6.07, 6.45) is 1.88. The molecule has 2 aromatic heterocycles. The van der Waals surface area contributed by atoms with E-state index in [4.69, 9.17) is 0 Å². The second kappa shape index (κ2) is 9.07. The molecule has 5 rings (SSSR count). The van der Waals surface area contributed by atoms with Crippen LogP contribution in [0.5, 0.6) is 0 Å². The van der Waals surface area contributed by atoms with E-state index in [2.05, 4.69) is 15.4 Å². The van der Waals surface area contributed by atoms with E-state index in [1.807, 2.05) is 43.3 Å². The highest BCUT2D eigenvalue weighted by molar-refractivity contribution is 6.23. The van der Waals surface area contributed by atoms with Gasteiger partial charge in [-0.3, -0.25) is 19.3 Å². The number of amides is 3. The monoisotopic (exact) mass is 478 g/mol. The highest BCUT2D eigenvalue weighted by Crippen LogP contribution is 2.29. The lowest BCUT2D eigenvalue weighted by Gasteiger charge is -2.29. The molecule has 2 atom stereocenters. The lowest BCUT2D eigenvalue weighted by molar-refractivity contribution is -0.121. The molecular formula is C27H22N6O3. The maximum atomic E-state index is 13.7. The Morgan fingerprint density at radius 1 is 1.03 bits per heavy atom. The van der Waals surface area contributed by atoms with Crippen LogP contribution < -0.4 is 5.32 Å². The van der Waals surface area contributed by atoms with Crippen molar-refractivity contribution in [3.8, 4) is 11.9 Å². The highest BCUT2D eigenvalue weighted by Gasteiger charge is 2.44. The maximum Gasteiger partial charge on any atom is 0.262 e. The van der Waals surface area contributed by atoms with E-state index in [1.165, 1.54) is 10.9 Å². The molecule has 36 heavy (non-hydrogen) atoms. The molecule has 178 valence electrons. The van der Waals surface area contributed by atoms with Gasteiger partial charge in [0.15, 0.2) is 11.6 Å². The van der Waals surface area contributed by atoms with E-state index in [-0.39, 0.29) is 28.4 Å². The number of para-hydroxylation sites is 1. The lowest BCUT2D eigenvalue weighted by atomic mass is 9.96. The maximum absolute atomic E-state index is 13.7. The van der Waals surface area contributed by atoms with Crippen LogP contribution >= 0.6 is 0 Å². The van der Waals surface area contributed by atoms with Crippen LogP contribution in [0.25, 0.3) is 16.7 Å². The Morgan fingerprint density at radius 2 is 1.69 bits per heavy atom. The fourth-order valence-corrected chi connectivity index (χ4v) is 4.40. The minimum absolute atomic E-state index is 0.121. The van der Waals surface area contributed by atoms with Gasteiger partial charge in [-0.15, -0.1) is 0 Å². The second-order valence-corrected chi connectivity index (χ2v) is 8.64. The summed E-state index contributed by atoms with van der Waals surface area (Å²) in [5.41, 5.74) is 1.40. The number of fused-ring (bicyclic) bond motifs is 2. The van der Waals surface area contributed by atoms with Crippen LogP contribution in [0.2, 0.25) is 0 Å². The van der Waals surface area contributed by atoms with E-state index in [9.17, 15) is 19.6 Å². The van der Waals surface area contributed by atoms with Crippen molar-refractivity contribution >= 4 is 34.4 Å². The molecule has 0 saturated carbocycles. The number of rotatable bonds is 6. The second-order valence-electron chi connectivity index (χ2n) is 8.64. The highest BCUT2D eigenvalue weighted by atomic mass is 16.2. The smallest absolute Gasteiger partial charge is 0.262 e. The average molecular weight is 479 g/mol. The summed E-state index contributed by atoms with van der Waals surface area (Å²) in [4.78, 5) is 45.6. The number of anilines is 1. The number of imide groups is 1. The molecule has 0 radical (unpaired) electrons. The number of nitrogens with zero attached hydrogens (tertiary/aromatic N) is 5. The Kier molecular flexibility index (Phi) is 5.78. The zero-order chi connectivity index (χ0) is 25.4. The molecule has 4 aromatic rings. The van der Waals surface area contributed by atoms with Gasteiger partial charge < -0.3 is 5.32 Å². The first kappa shape index (κ1) is 22.9. The van der Waals surface area contributed by atoms with E-state index in [1.54, 1.807) is 37.3 Å². The molecule has 0 saturated heterocycles. The number of aromatic nitrogens is 3. The van der Waals surface area contributed by atoms with Crippen molar-refractivity contribution in [3.05, 3.63) is 83.6 Å². The van der Waals surface area contributed by atoms with Gasteiger partial charge in [-0.25, -0.2) is 4.98 Å². The van der Waals surface area contributed by atoms with Gasteiger partial charge in [0.25, 0.3) is 11.8 Å². The summed E-state index contributed by atoms with van der Waals surface area (Å²) in [5, 5.41) is 17.7. The molecule has 2 aromatic carbocycles. The van der Waals surface area contributed by atoms with Gasteiger partial charge in [0.05, 0.1) is 22.8 Å². The van der Waals surface area contributed by atoms with Crippen LogP contribution in [0, 0.1) is 17.2 Å². The van der Waals surface area contributed by atoms with Crippen molar-refractivity contribution in [2.24, 2.45) is 5.92 Å². The molecule has 0 bridgehead atoms. The fourth-order valence-electron chi connectivity index (χ4n) is 4.40. The van der Waals surface area contributed by atoms with Gasteiger partial charge in [-0.05, 0) is 36.2 Å². The third-order valence-corrected chi connectivity index (χ3v) is 6.49. The number of pyridine rings is 1. The van der Waals surface area contributed by atoms with E-state index in [0.717, 1.165) is 15.8 Å². The third-order valence-electron chi connectivity index (χ3n) is 6.49. The Morgan fingerprint density at radius 3 is 2.36 bits per heavy atom.